The molecule has 0 aliphatic carbocycles. The molecule has 60 valence electrons. The van der Waals surface area contributed by atoms with Crippen molar-refractivity contribution < 1.29 is 14.3 Å². The molecule has 0 aliphatic heterocycles. The minimum Gasteiger partial charge on any atom is -0.503 e. The van der Waals surface area contributed by atoms with Crippen LogP contribution in [0.1, 0.15) is 6.92 Å². The summed E-state index contributed by atoms with van der Waals surface area (Å²) >= 11 is 0. The van der Waals surface area contributed by atoms with Crippen molar-refractivity contribution in [3.05, 3.63) is 11.8 Å². The van der Waals surface area contributed by atoms with Crippen LogP contribution in [0.4, 0.5) is 0 Å². The number of carbonyl (C=O) groups is 1. The molecule has 4 nitrogen and oxygen atoms in total. The van der Waals surface area contributed by atoms with Crippen LogP contribution in [0.5, 0.6) is 0 Å². The summed E-state index contributed by atoms with van der Waals surface area (Å²) < 4.78 is 9.01. The Labute approximate surface area is 65.0 Å². The summed E-state index contributed by atoms with van der Waals surface area (Å²) in [6, 6.07) is 1.65. The molecule has 0 bridgehead atoms. The van der Waals surface area contributed by atoms with Crippen molar-refractivity contribution in [1.82, 2.24) is 0 Å². The number of ether oxygens (including phenoxy) is 2. The second-order valence-corrected chi connectivity index (χ2v) is 1.60. The molecule has 0 aromatic heterocycles. The van der Waals surface area contributed by atoms with E-state index in [0.717, 1.165) is 6.26 Å². The van der Waals surface area contributed by atoms with Gasteiger partial charge in [0.1, 0.15) is 12.3 Å². The Morgan fingerprint density at radius 3 is 2.73 bits per heavy atom. The first-order valence-electron chi connectivity index (χ1n) is 3.06. The molecule has 0 unspecified atom stereocenters. The number of nitriles is 1. The molecule has 0 radical (unpaired) electrons. The lowest BCUT2D eigenvalue weighted by Gasteiger charge is -1.97. The van der Waals surface area contributed by atoms with Crippen LogP contribution < -0.4 is 0 Å². The number of rotatable bonds is 3. The van der Waals surface area contributed by atoms with Gasteiger partial charge in [0, 0.05) is 0 Å². The quantitative estimate of drug-likeness (QED) is 0.259. The average molecular weight is 155 g/mol. The van der Waals surface area contributed by atoms with E-state index in [1.54, 1.807) is 13.0 Å². The number of carbonyl (C=O) groups excluding carboxylic acids is 1. The highest BCUT2D eigenvalue weighted by Crippen LogP contribution is 1.95. The van der Waals surface area contributed by atoms with E-state index in [0.29, 0.717) is 0 Å². The van der Waals surface area contributed by atoms with Gasteiger partial charge in [-0.2, -0.15) is 5.26 Å². The first kappa shape index (κ1) is 9.50. The maximum absolute atomic E-state index is 10.8. The lowest BCUT2D eigenvalue weighted by Crippen LogP contribution is -2.06. The molecule has 0 aliphatic rings. The first-order valence-corrected chi connectivity index (χ1v) is 3.06. The van der Waals surface area contributed by atoms with Gasteiger partial charge in [-0.05, 0) is 6.92 Å². The summed E-state index contributed by atoms with van der Waals surface area (Å²) in [4.78, 5) is 10.8. The molecule has 0 heterocycles. The van der Waals surface area contributed by atoms with Crippen molar-refractivity contribution >= 4 is 5.97 Å². The third-order valence-corrected chi connectivity index (χ3v) is 0.851. The van der Waals surface area contributed by atoms with E-state index in [1.165, 1.54) is 7.11 Å². The lowest BCUT2D eigenvalue weighted by atomic mass is 10.3. The smallest absolute Gasteiger partial charge is 0.352 e. The third kappa shape index (κ3) is 3.26. The van der Waals surface area contributed by atoms with E-state index >= 15 is 0 Å². The van der Waals surface area contributed by atoms with Crippen molar-refractivity contribution in [1.29, 1.82) is 5.26 Å². The van der Waals surface area contributed by atoms with E-state index in [4.69, 9.17) is 5.26 Å². The van der Waals surface area contributed by atoms with Gasteiger partial charge in [0.25, 0.3) is 0 Å². The Kier molecular flexibility index (Phi) is 4.58. The van der Waals surface area contributed by atoms with Gasteiger partial charge in [0.15, 0.2) is 5.57 Å². The second-order valence-electron chi connectivity index (χ2n) is 1.60. The highest BCUT2D eigenvalue weighted by atomic mass is 16.5. The van der Waals surface area contributed by atoms with Gasteiger partial charge in [-0.25, -0.2) is 4.79 Å². The Bertz CT molecular complexity index is 202. The zero-order chi connectivity index (χ0) is 8.69. The normalized spacial score (nSPS) is 10.1. The van der Waals surface area contributed by atoms with Gasteiger partial charge in [-0.15, -0.1) is 0 Å². The molecule has 0 saturated heterocycles. The van der Waals surface area contributed by atoms with Gasteiger partial charge in [-0.3, -0.25) is 0 Å². The van der Waals surface area contributed by atoms with Crippen LogP contribution in [-0.2, 0) is 14.3 Å². The summed E-state index contributed by atoms with van der Waals surface area (Å²) in [6.45, 7) is 1.92. The number of nitrogens with zero attached hydrogens (tertiary/aromatic N) is 1. The molecule has 0 spiro atoms. The zero-order valence-electron chi connectivity index (χ0n) is 6.46. The monoisotopic (exact) mass is 155 g/mol. The Balaban J connectivity index is 4.18. The SMILES string of the molecule is CCOC(=O)C(C#N)=COC. The van der Waals surface area contributed by atoms with Crippen LogP contribution in [0.3, 0.4) is 0 Å². The number of methoxy groups -OCH3 is 1. The molecular weight excluding hydrogens is 146 g/mol. The fourth-order valence-corrected chi connectivity index (χ4v) is 0.447. The Hall–Kier alpha value is -1.50. The number of hydrogen-bond donors (Lipinski definition) is 0. The van der Waals surface area contributed by atoms with Crippen molar-refractivity contribution in [3.8, 4) is 6.07 Å². The fourth-order valence-electron chi connectivity index (χ4n) is 0.447. The summed E-state index contributed by atoms with van der Waals surface area (Å²) in [5.41, 5.74) is -0.130. The molecule has 0 aromatic carbocycles. The van der Waals surface area contributed by atoms with E-state index in [-0.39, 0.29) is 12.2 Å². The predicted molar refractivity (Wildman–Crippen MR) is 37.3 cm³/mol. The maximum atomic E-state index is 10.8. The molecule has 0 N–H and O–H groups in total. The van der Waals surface area contributed by atoms with Crippen LogP contribution in [0, 0.1) is 11.3 Å². The van der Waals surface area contributed by atoms with Crippen LogP contribution in [0.15, 0.2) is 11.8 Å². The van der Waals surface area contributed by atoms with Crippen molar-refractivity contribution in [2.75, 3.05) is 13.7 Å². The molecule has 4 heteroatoms. The van der Waals surface area contributed by atoms with Crippen LogP contribution in [0.25, 0.3) is 0 Å². The van der Waals surface area contributed by atoms with Crippen molar-refractivity contribution in [2.45, 2.75) is 6.92 Å². The predicted octanol–water partition coefficient (Wildman–Crippen LogP) is 0.603. The van der Waals surface area contributed by atoms with Gasteiger partial charge in [-0.1, -0.05) is 0 Å². The summed E-state index contributed by atoms with van der Waals surface area (Å²) in [6.07, 6.45) is 1.05. The topological polar surface area (TPSA) is 59.3 Å². The zero-order valence-corrected chi connectivity index (χ0v) is 6.46. The molecule has 0 fully saturated rings. The van der Waals surface area contributed by atoms with Gasteiger partial charge in [0.2, 0.25) is 0 Å². The van der Waals surface area contributed by atoms with Crippen molar-refractivity contribution in [2.24, 2.45) is 0 Å². The lowest BCUT2D eigenvalue weighted by molar-refractivity contribution is -0.138. The van der Waals surface area contributed by atoms with Gasteiger partial charge >= 0.3 is 5.97 Å². The number of esters is 1. The van der Waals surface area contributed by atoms with Crippen LogP contribution in [0.2, 0.25) is 0 Å². The highest BCUT2D eigenvalue weighted by Gasteiger charge is 2.08. The highest BCUT2D eigenvalue weighted by molar-refractivity contribution is 5.92. The summed E-state index contributed by atoms with van der Waals surface area (Å²) in [7, 11) is 1.36. The molecule has 0 atom stereocenters. The Morgan fingerprint density at radius 2 is 2.36 bits per heavy atom. The summed E-state index contributed by atoms with van der Waals surface area (Å²) in [5, 5.41) is 8.36. The Morgan fingerprint density at radius 1 is 1.73 bits per heavy atom. The van der Waals surface area contributed by atoms with Gasteiger partial charge < -0.3 is 9.47 Å². The summed E-state index contributed by atoms with van der Waals surface area (Å²) in [5.74, 6) is -0.656. The maximum Gasteiger partial charge on any atom is 0.352 e. The van der Waals surface area contributed by atoms with Crippen molar-refractivity contribution in [3.63, 3.8) is 0 Å². The van der Waals surface area contributed by atoms with E-state index in [1.807, 2.05) is 0 Å². The van der Waals surface area contributed by atoms with E-state index in [9.17, 15) is 4.79 Å². The molecule has 0 saturated carbocycles. The molecule has 0 rings (SSSR count). The van der Waals surface area contributed by atoms with Crippen LogP contribution in [-0.4, -0.2) is 19.7 Å². The average Bonchev–Trinajstić information content (AvgIpc) is 2.00. The fraction of sp³-hybridized carbons (Fsp3) is 0.429. The van der Waals surface area contributed by atoms with Crippen LogP contribution >= 0.6 is 0 Å². The molecule has 11 heavy (non-hydrogen) atoms. The minimum absolute atomic E-state index is 0.130. The standard InChI is InChI=1S/C7H9NO3/c1-3-11-7(9)6(4-8)5-10-2/h5H,3H2,1-2H3. The second kappa shape index (κ2) is 5.30. The largest absolute Gasteiger partial charge is 0.503 e. The number of hydrogen-bond acceptors (Lipinski definition) is 4. The third-order valence-electron chi connectivity index (χ3n) is 0.851. The molecule has 0 aromatic rings. The van der Waals surface area contributed by atoms with E-state index < -0.39 is 5.97 Å². The molecule has 0 amide bonds. The molecular formula is C7H9NO3. The van der Waals surface area contributed by atoms with Gasteiger partial charge in [0.05, 0.1) is 13.7 Å². The first-order chi connectivity index (χ1) is 5.26. The minimum atomic E-state index is -0.656. The van der Waals surface area contributed by atoms with E-state index in [2.05, 4.69) is 9.47 Å².